The van der Waals surface area contributed by atoms with Crippen LogP contribution in [0.15, 0.2) is 36.9 Å². The highest BCUT2D eigenvalue weighted by atomic mass is 28.3. The Morgan fingerprint density at radius 2 is 1.75 bits per heavy atom. The third-order valence-electron chi connectivity index (χ3n) is 3.69. The van der Waals surface area contributed by atoms with Crippen LogP contribution in [0.3, 0.4) is 0 Å². The molecule has 0 heterocycles. The zero-order valence-electron chi connectivity index (χ0n) is 13.0. The molecule has 0 aliphatic heterocycles. The smallest absolute Gasteiger partial charge is 0.338 e. The monoisotopic (exact) mass is 308 g/mol. The Labute approximate surface area is 126 Å². The molecule has 110 valence electrons. The van der Waals surface area contributed by atoms with Gasteiger partial charge in [0.15, 0.2) is 9.76 Å². The Bertz CT molecular complexity index is 480. The molecule has 1 aromatic carbocycles. The fraction of sp³-hybridized carbons (Fsp3) is 0.400. The van der Waals surface area contributed by atoms with E-state index in [9.17, 15) is 4.79 Å². The van der Waals surface area contributed by atoms with Gasteiger partial charge in [0, 0.05) is 5.41 Å². The molecule has 0 amide bonds. The number of benzene rings is 1. The van der Waals surface area contributed by atoms with Crippen molar-refractivity contribution >= 4 is 31.8 Å². The third-order valence-corrected chi connectivity index (χ3v) is 6.60. The summed E-state index contributed by atoms with van der Waals surface area (Å²) in [6.07, 6.45) is 0. The summed E-state index contributed by atoms with van der Waals surface area (Å²) < 4.78 is 11.3. The van der Waals surface area contributed by atoms with Gasteiger partial charge in [-0.2, -0.15) is 0 Å². The van der Waals surface area contributed by atoms with Crippen LogP contribution in [0.1, 0.15) is 33.3 Å². The van der Waals surface area contributed by atoms with Gasteiger partial charge in [-0.3, -0.25) is 0 Å². The van der Waals surface area contributed by atoms with Crippen molar-refractivity contribution in [3.8, 4) is 0 Å². The van der Waals surface area contributed by atoms with Gasteiger partial charge in [0.05, 0.1) is 5.57 Å². The van der Waals surface area contributed by atoms with Gasteiger partial charge in [-0.05, 0) is 12.5 Å². The summed E-state index contributed by atoms with van der Waals surface area (Å²) in [5, 5.41) is -0.538. The minimum atomic E-state index is -0.942. The maximum Gasteiger partial charge on any atom is 0.338 e. The predicted molar refractivity (Wildman–Crippen MR) is 89.0 cm³/mol. The first-order valence-corrected chi connectivity index (χ1v) is 8.78. The normalized spacial score (nSPS) is 15.2. The second kappa shape index (κ2) is 6.52. The van der Waals surface area contributed by atoms with E-state index < -0.39 is 15.0 Å². The van der Waals surface area contributed by atoms with Crippen molar-refractivity contribution in [1.29, 1.82) is 0 Å². The lowest BCUT2D eigenvalue weighted by Crippen LogP contribution is -2.50. The van der Waals surface area contributed by atoms with Crippen LogP contribution in [0.4, 0.5) is 0 Å². The Morgan fingerprint density at radius 1 is 1.20 bits per heavy atom. The number of carbonyl (C=O) groups is 1. The molecule has 20 heavy (non-hydrogen) atoms. The van der Waals surface area contributed by atoms with E-state index in [0.29, 0.717) is 16.1 Å². The summed E-state index contributed by atoms with van der Waals surface area (Å²) in [4.78, 5) is 12.3. The van der Waals surface area contributed by atoms with E-state index >= 15 is 0 Å². The maximum absolute atomic E-state index is 12.3. The van der Waals surface area contributed by atoms with Crippen molar-refractivity contribution in [3.63, 3.8) is 0 Å². The summed E-state index contributed by atoms with van der Waals surface area (Å²) in [6.45, 7) is 12.0. The van der Waals surface area contributed by atoms with E-state index in [4.69, 9.17) is 8.85 Å². The molecule has 1 atom stereocenters. The molecule has 0 aromatic heterocycles. The molecule has 0 fully saturated rings. The van der Waals surface area contributed by atoms with Crippen LogP contribution in [-0.2, 0) is 13.6 Å². The molecule has 0 radical (unpaired) electrons. The topological polar surface area (TPSA) is 35.5 Å². The molecule has 0 saturated carbocycles. The molecule has 5 heteroatoms. The zero-order chi connectivity index (χ0) is 15.4. The minimum Gasteiger partial charge on any atom is -0.465 e. The first-order chi connectivity index (χ1) is 9.21. The molecule has 1 rings (SSSR count). The molecule has 0 aliphatic rings. The molecule has 0 aliphatic carbocycles. The molecule has 3 nitrogen and oxygen atoms in total. The Kier molecular flexibility index (Phi) is 5.50. The van der Waals surface area contributed by atoms with Crippen molar-refractivity contribution in [2.75, 3.05) is 0 Å². The number of esters is 1. The SMILES string of the molecule is C=C(C(=O)OC(C)([SiH2]O[SiH3])C(C)(C)C)c1ccccc1. The van der Waals surface area contributed by atoms with Gasteiger partial charge in [-0.1, -0.05) is 57.7 Å². The lowest BCUT2D eigenvalue weighted by atomic mass is 9.89. The average molecular weight is 309 g/mol. The van der Waals surface area contributed by atoms with Crippen molar-refractivity contribution in [2.24, 2.45) is 5.41 Å². The fourth-order valence-electron chi connectivity index (χ4n) is 1.70. The number of ether oxygens (including phenoxy) is 1. The summed E-state index contributed by atoms with van der Waals surface area (Å²) in [5.41, 5.74) is 1.03. The summed E-state index contributed by atoms with van der Waals surface area (Å²) in [6, 6.07) is 9.39. The maximum atomic E-state index is 12.3. The van der Waals surface area contributed by atoms with Gasteiger partial charge in [-0.15, -0.1) is 0 Å². The highest BCUT2D eigenvalue weighted by molar-refractivity contribution is 6.38. The Hall–Kier alpha value is -1.18. The molecular formula is C15H24O3Si2. The zero-order valence-corrected chi connectivity index (χ0v) is 16.4. The highest BCUT2D eigenvalue weighted by Crippen LogP contribution is 2.34. The van der Waals surface area contributed by atoms with E-state index in [0.717, 1.165) is 5.56 Å². The van der Waals surface area contributed by atoms with Crippen LogP contribution in [0.2, 0.25) is 0 Å². The Balaban J connectivity index is 2.90. The highest BCUT2D eigenvalue weighted by Gasteiger charge is 2.42. The fourth-order valence-corrected chi connectivity index (χ4v) is 4.52. The number of hydrogen-bond donors (Lipinski definition) is 0. The first kappa shape index (κ1) is 16.9. The van der Waals surface area contributed by atoms with E-state index in [1.165, 1.54) is 0 Å². The van der Waals surface area contributed by atoms with Crippen molar-refractivity contribution in [3.05, 3.63) is 42.5 Å². The minimum absolute atomic E-state index is 0.156. The van der Waals surface area contributed by atoms with Crippen LogP contribution in [0.5, 0.6) is 0 Å². The third kappa shape index (κ3) is 3.91. The van der Waals surface area contributed by atoms with Gasteiger partial charge < -0.3 is 8.85 Å². The van der Waals surface area contributed by atoms with Gasteiger partial charge in [0.2, 0.25) is 0 Å². The molecule has 0 spiro atoms. The van der Waals surface area contributed by atoms with Crippen LogP contribution in [0.25, 0.3) is 5.57 Å². The second-order valence-corrected chi connectivity index (χ2v) is 10.1. The quantitative estimate of drug-likeness (QED) is 0.468. The number of hydrogen-bond acceptors (Lipinski definition) is 3. The standard InChI is InChI=1S/C15H24O3Si2/c1-11(12-9-7-6-8-10-12)13(16)17-15(5,20-18-19)14(2,3)4/h6-10H,1,20H2,2-5,19H3. The molecule has 0 bridgehead atoms. The molecule has 0 N–H and O–H groups in total. The van der Waals surface area contributed by atoms with Crippen molar-refractivity contribution in [1.82, 2.24) is 0 Å². The van der Waals surface area contributed by atoms with E-state index in [1.54, 1.807) is 0 Å². The summed E-state index contributed by atoms with van der Waals surface area (Å²) in [5.74, 6) is -0.361. The van der Waals surface area contributed by atoms with E-state index in [1.807, 2.05) is 37.3 Å². The molecule has 1 aromatic rings. The Morgan fingerprint density at radius 3 is 2.20 bits per heavy atom. The van der Waals surface area contributed by atoms with Gasteiger partial charge in [-0.25, -0.2) is 4.79 Å². The predicted octanol–water partition coefficient (Wildman–Crippen LogP) is 1.39. The van der Waals surface area contributed by atoms with Gasteiger partial charge >= 0.3 is 5.97 Å². The lowest BCUT2D eigenvalue weighted by molar-refractivity contribution is -0.151. The van der Waals surface area contributed by atoms with Crippen LogP contribution in [0, 0.1) is 5.41 Å². The van der Waals surface area contributed by atoms with Crippen molar-refractivity contribution in [2.45, 2.75) is 32.9 Å². The van der Waals surface area contributed by atoms with E-state index in [2.05, 4.69) is 27.4 Å². The van der Waals surface area contributed by atoms with Gasteiger partial charge in [0.25, 0.3) is 0 Å². The second-order valence-electron chi connectivity index (χ2n) is 6.15. The molecule has 0 saturated heterocycles. The van der Waals surface area contributed by atoms with Crippen molar-refractivity contribution < 1.29 is 13.6 Å². The van der Waals surface area contributed by atoms with Gasteiger partial charge in [0.1, 0.15) is 15.7 Å². The van der Waals surface area contributed by atoms with Crippen LogP contribution < -0.4 is 0 Å². The largest absolute Gasteiger partial charge is 0.465 e. The number of rotatable bonds is 5. The molecular weight excluding hydrogens is 284 g/mol. The molecule has 1 unspecified atom stereocenters. The average Bonchev–Trinajstić information content (AvgIpc) is 2.37. The van der Waals surface area contributed by atoms with E-state index in [-0.39, 0.29) is 11.4 Å². The van der Waals surface area contributed by atoms with Crippen LogP contribution >= 0.6 is 0 Å². The van der Waals surface area contributed by atoms with Crippen LogP contribution in [-0.4, -0.2) is 31.4 Å². The summed E-state index contributed by atoms with van der Waals surface area (Å²) in [7, 11) is -0.268. The summed E-state index contributed by atoms with van der Waals surface area (Å²) >= 11 is 0. The number of carbonyl (C=O) groups excluding carboxylic acids is 1. The first-order valence-electron chi connectivity index (χ1n) is 6.68. The lowest BCUT2D eigenvalue weighted by Gasteiger charge is -2.40.